The molecule has 3 rings (SSSR count). The third-order valence-electron chi connectivity index (χ3n) is 4.29. The fourth-order valence-corrected chi connectivity index (χ4v) is 4.25. The number of nitrogens with one attached hydrogen (secondary N) is 1. The van der Waals surface area contributed by atoms with Gasteiger partial charge < -0.3 is 19.5 Å². The number of carbonyl (C=O) groups is 2. The van der Waals surface area contributed by atoms with Gasteiger partial charge in [-0.05, 0) is 18.2 Å². The maximum Gasteiger partial charge on any atom is 0.250 e. The molecule has 1 aliphatic heterocycles. The SMILES string of the molecule is COCC(=O)Nc1ccccc1[C@H]1SCC(=O)N1c1ccc(OC)cc1OC. The van der Waals surface area contributed by atoms with Crippen molar-refractivity contribution >= 4 is 35.0 Å². The molecule has 0 radical (unpaired) electrons. The minimum atomic E-state index is -0.297. The number of rotatable bonds is 7. The second-order valence-corrected chi connectivity index (χ2v) is 7.10. The summed E-state index contributed by atoms with van der Waals surface area (Å²) in [5.41, 5.74) is 2.14. The molecule has 2 amide bonds. The van der Waals surface area contributed by atoms with Crippen LogP contribution in [0, 0.1) is 0 Å². The van der Waals surface area contributed by atoms with Crippen LogP contribution < -0.4 is 19.7 Å². The topological polar surface area (TPSA) is 77.1 Å². The van der Waals surface area contributed by atoms with Crippen molar-refractivity contribution in [3.63, 3.8) is 0 Å². The zero-order valence-electron chi connectivity index (χ0n) is 15.9. The number of anilines is 2. The van der Waals surface area contributed by atoms with Gasteiger partial charge in [0, 0.05) is 24.4 Å². The fourth-order valence-electron chi connectivity index (χ4n) is 3.04. The molecule has 2 aromatic rings. The van der Waals surface area contributed by atoms with Crippen LogP contribution in [0.2, 0.25) is 0 Å². The van der Waals surface area contributed by atoms with Gasteiger partial charge in [-0.2, -0.15) is 0 Å². The predicted molar refractivity (Wildman–Crippen MR) is 109 cm³/mol. The number of methoxy groups -OCH3 is 3. The Morgan fingerprint density at radius 1 is 1.18 bits per heavy atom. The minimum absolute atomic E-state index is 0.0310. The molecule has 0 bridgehead atoms. The molecule has 0 unspecified atom stereocenters. The molecule has 1 saturated heterocycles. The predicted octanol–water partition coefficient (Wildman–Crippen LogP) is 3.07. The van der Waals surface area contributed by atoms with E-state index in [4.69, 9.17) is 14.2 Å². The third-order valence-corrected chi connectivity index (χ3v) is 5.48. The average Bonchev–Trinajstić information content (AvgIpc) is 3.09. The Labute approximate surface area is 167 Å². The van der Waals surface area contributed by atoms with Crippen molar-refractivity contribution in [2.24, 2.45) is 0 Å². The molecule has 1 heterocycles. The van der Waals surface area contributed by atoms with E-state index in [1.807, 2.05) is 24.3 Å². The van der Waals surface area contributed by atoms with Gasteiger partial charge >= 0.3 is 0 Å². The summed E-state index contributed by atoms with van der Waals surface area (Å²) < 4.78 is 15.6. The number of hydrogen-bond acceptors (Lipinski definition) is 6. The van der Waals surface area contributed by atoms with E-state index in [1.54, 1.807) is 37.3 Å². The van der Waals surface area contributed by atoms with Gasteiger partial charge in [-0.25, -0.2) is 0 Å². The highest BCUT2D eigenvalue weighted by molar-refractivity contribution is 8.00. The molecule has 1 N–H and O–H groups in total. The van der Waals surface area contributed by atoms with Crippen molar-refractivity contribution in [2.45, 2.75) is 5.37 Å². The lowest BCUT2D eigenvalue weighted by Gasteiger charge is -2.27. The molecule has 0 aromatic heterocycles. The van der Waals surface area contributed by atoms with Crippen LogP contribution in [0.1, 0.15) is 10.9 Å². The highest BCUT2D eigenvalue weighted by atomic mass is 32.2. The van der Waals surface area contributed by atoms with E-state index in [0.29, 0.717) is 28.6 Å². The highest BCUT2D eigenvalue weighted by Gasteiger charge is 2.37. The van der Waals surface area contributed by atoms with Crippen molar-refractivity contribution < 1.29 is 23.8 Å². The summed E-state index contributed by atoms with van der Waals surface area (Å²) in [6, 6.07) is 12.8. The van der Waals surface area contributed by atoms with Crippen LogP contribution in [-0.2, 0) is 14.3 Å². The van der Waals surface area contributed by atoms with Crippen LogP contribution in [0.3, 0.4) is 0 Å². The maximum atomic E-state index is 12.7. The summed E-state index contributed by atoms with van der Waals surface area (Å²) >= 11 is 1.50. The van der Waals surface area contributed by atoms with Crippen LogP contribution in [0.5, 0.6) is 11.5 Å². The van der Waals surface area contributed by atoms with Crippen LogP contribution in [0.4, 0.5) is 11.4 Å². The Morgan fingerprint density at radius 3 is 2.68 bits per heavy atom. The normalized spacial score (nSPS) is 16.2. The largest absolute Gasteiger partial charge is 0.497 e. The molecular weight excluding hydrogens is 380 g/mol. The zero-order chi connectivity index (χ0) is 20.1. The number of benzene rings is 2. The second kappa shape index (κ2) is 8.99. The van der Waals surface area contributed by atoms with Crippen molar-refractivity contribution in [1.82, 2.24) is 0 Å². The van der Waals surface area contributed by atoms with Crippen molar-refractivity contribution in [1.29, 1.82) is 0 Å². The second-order valence-electron chi connectivity index (χ2n) is 6.03. The molecule has 0 saturated carbocycles. The third kappa shape index (κ3) is 4.07. The molecule has 1 atom stereocenters. The molecule has 7 nitrogen and oxygen atoms in total. The van der Waals surface area contributed by atoms with Gasteiger partial charge in [-0.3, -0.25) is 14.5 Å². The zero-order valence-corrected chi connectivity index (χ0v) is 16.7. The highest BCUT2D eigenvalue weighted by Crippen LogP contribution is 2.47. The summed E-state index contributed by atoms with van der Waals surface area (Å²) in [5.74, 6) is 1.24. The number of amides is 2. The van der Waals surface area contributed by atoms with Crippen LogP contribution >= 0.6 is 11.8 Å². The minimum Gasteiger partial charge on any atom is -0.497 e. The van der Waals surface area contributed by atoms with Crippen molar-refractivity contribution in [3.05, 3.63) is 48.0 Å². The lowest BCUT2D eigenvalue weighted by molar-refractivity contribution is -0.119. The van der Waals surface area contributed by atoms with Crippen LogP contribution in [-0.4, -0.2) is 45.5 Å². The lowest BCUT2D eigenvalue weighted by Crippen LogP contribution is -2.29. The van der Waals surface area contributed by atoms with Gasteiger partial charge in [0.15, 0.2) is 0 Å². The van der Waals surface area contributed by atoms with Gasteiger partial charge in [-0.1, -0.05) is 18.2 Å². The first-order valence-electron chi connectivity index (χ1n) is 8.62. The summed E-state index contributed by atoms with van der Waals surface area (Å²) in [6.45, 7) is -0.0406. The first-order chi connectivity index (χ1) is 13.6. The Bertz CT molecular complexity index is 873. The maximum absolute atomic E-state index is 12.7. The quantitative estimate of drug-likeness (QED) is 0.767. The molecule has 0 aliphatic carbocycles. The molecule has 8 heteroatoms. The Balaban J connectivity index is 1.99. The lowest BCUT2D eigenvalue weighted by atomic mass is 10.1. The van der Waals surface area contributed by atoms with E-state index in [-0.39, 0.29) is 23.8 Å². The standard InChI is InChI=1S/C20H22N2O5S/c1-25-11-18(23)21-15-7-5-4-6-14(15)20-22(19(24)12-28-20)16-9-8-13(26-2)10-17(16)27-3/h4-10,20H,11-12H2,1-3H3,(H,21,23)/t20-/m1/s1. The summed E-state index contributed by atoms with van der Waals surface area (Å²) in [6.07, 6.45) is 0. The number of carbonyl (C=O) groups excluding carboxylic acids is 2. The first kappa shape index (κ1) is 20.0. The van der Waals surface area contributed by atoms with E-state index in [9.17, 15) is 9.59 Å². The monoisotopic (exact) mass is 402 g/mol. The van der Waals surface area contributed by atoms with E-state index in [2.05, 4.69) is 5.32 Å². The van der Waals surface area contributed by atoms with Gasteiger partial charge in [0.2, 0.25) is 11.8 Å². The van der Waals surface area contributed by atoms with Gasteiger partial charge in [0.1, 0.15) is 23.5 Å². The first-order valence-corrected chi connectivity index (χ1v) is 9.67. The molecule has 1 fully saturated rings. The summed E-state index contributed by atoms with van der Waals surface area (Å²) in [7, 11) is 4.60. The molecule has 148 valence electrons. The summed E-state index contributed by atoms with van der Waals surface area (Å²) in [4.78, 5) is 26.4. The fraction of sp³-hybridized carbons (Fsp3) is 0.300. The van der Waals surface area contributed by atoms with Crippen molar-refractivity contribution in [2.75, 3.05) is 43.9 Å². The Kier molecular flexibility index (Phi) is 6.43. The Morgan fingerprint density at radius 2 is 1.96 bits per heavy atom. The number of para-hydroxylation sites is 1. The van der Waals surface area contributed by atoms with Gasteiger partial charge in [0.05, 0.1) is 25.7 Å². The van der Waals surface area contributed by atoms with Gasteiger partial charge in [0.25, 0.3) is 0 Å². The van der Waals surface area contributed by atoms with E-state index in [0.717, 1.165) is 5.56 Å². The molecule has 2 aromatic carbocycles. The Hall–Kier alpha value is -2.71. The van der Waals surface area contributed by atoms with E-state index >= 15 is 0 Å². The number of thioether (sulfide) groups is 1. The molecular formula is C20H22N2O5S. The summed E-state index contributed by atoms with van der Waals surface area (Å²) in [5, 5.41) is 2.56. The molecule has 1 aliphatic rings. The van der Waals surface area contributed by atoms with E-state index in [1.165, 1.54) is 18.9 Å². The van der Waals surface area contributed by atoms with Gasteiger partial charge in [-0.15, -0.1) is 11.8 Å². The van der Waals surface area contributed by atoms with Crippen LogP contribution in [0.25, 0.3) is 0 Å². The average molecular weight is 402 g/mol. The van der Waals surface area contributed by atoms with E-state index < -0.39 is 0 Å². The number of nitrogens with zero attached hydrogens (tertiary/aromatic N) is 1. The molecule has 28 heavy (non-hydrogen) atoms. The number of hydrogen-bond donors (Lipinski definition) is 1. The van der Waals surface area contributed by atoms with Crippen molar-refractivity contribution in [3.8, 4) is 11.5 Å². The molecule has 0 spiro atoms. The number of ether oxygens (including phenoxy) is 3. The smallest absolute Gasteiger partial charge is 0.250 e. The van der Waals surface area contributed by atoms with Crippen LogP contribution in [0.15, 0.2) is 42.5 Å².